The Morgan fingerprint density at radius 1 is 1.26 bits per heavy atom. The van der Waals surface area contributed by atoms with Crippen molar-refractivity contribution in [3.8, 4) is 23.2 Å². The van der Waals surface area contributed by atoms with E-state index in [1.54, 1.807) is 30.5 Å². The fourth-order valence-electron chi connectivity index (χ4n) is 4.99. The minimum Gasteiger partial charge on any atom is -0.486 e. The molecule has 3 aromatic rings. The number of alkyl halides is 1. The van der Waals surface area contributed by atoms with Crippen molar-refractivity contribution in [3.05, 3.63) is 65.9 Å². The van der Waals surface area contributed by atoms with Gasteiger partial charge in [0, 0.05) is 36.5 Å². The largest absolute Gasteiger partial charge is 0.486 e. The van der Waals surface area contributed by atoms with Gasteiger partial charge >= 0.3 is 0 Å². The fourth-order valence-corrected chi connectivity index (χ4v) is 4.99. The molecule has 2 aromatic carbocycles. The number of piperidine rings is 1. The highest BCUT2D eigenvalue weighted by atomic mass is 19.1. The van der Waals surface area contributed by atoms with E-state index < -0.39 is 24.3 Å². The topological polar surface area (TPSA) is 123 Å². The summed E-state index contributed by atoms with van der Waals surface area (Å²) in [6, 6.07) is 17.6. The lowest BCUT2D eigenvalue weighted by Crippen LogP contribution is -2.51. The van der Waals surface area contributed by atoms with Crippen LogP contribution in [0, 0.1) is 11.3 Å². The number of anilines is 2. The molecule has 2 aliphatic heterocycles. The summed E-state index contributed by atoms with van der Waals surface area (Å²) < 4.78 is 20.7. The van der Waals surface area contributed by atoms with Crippen molar-refractivity contribution in [2.24, 2.45) is 0 Å². The first kappa shape index (κ1) is 26.5. The van der Waals surface area contributed by atoms with Crippen LogP contribution in [0.15, 0.2) is 54.7 Å². The van der Waals surface area contributed by atoms with Crippen LogP contribution in [-0.2, 0) is 4.79 Å². The molecule has 2 fully saturated rings. The number of aliphatic hydroxyl groups excluding tert-OH is 1. The zero-order chi connectivity index (χ0) is 27.4. The van der Waals surface area contributed by atoms with E-state index in [1.807, 2.05) is 12.1 Å². The SMILES string of the molecule is C[C@H](O)C(=O)N1CC[C@H](Oc2ccc(-c3nccc(Nc4ccc([C@H]5CCCN5)cc4)n3)cc2C#N)[C@H](F)C1. The number of amides is 1. The summed E-state index contributed by atoms with van der Waals surface area (Å²) in [6.45, 7) is 2.52. The van der Waals surface area contributed by atoms with Crippen LogP contribution in [0.2, 0.25) is 0 Å². The number of aliphatic hydroxyl groups is 1. The van der Waals surface area contributed by atoms with Crippen molar-refractivity contribution in [1.82, 2.24) is 20.2 Å². The van der Waals surface area contributed by atoms with Gasteiger partial charge in [0.1, 0.15) is 29.8 Å². The lowest BCUT2D eigenvalue weighted by molar-refractivity contribution is -0.143. The van der Waals surface area contributed by atoms with Crippen LogP contribution in [0.25, 0.3) is 11.4 Å². The summed E-state index contributed by atoms with van der Waals surface area (Å²) >= 11 is 0. The maximum absolute atomic E-state index is 14.8. The molecule has 2 saturated heterocycles. The molecule has 0 saturated carbocycles. The van der Waals surface area contributed by atoms with E-state index in [2.05, 4.69) is 38.8 Å². The quantitative estimate of drug-likeness (QED) is 0.421. The average Bonchev–Trinajstić information content (AvgIpc) is 3.49. The summed E-state index contributed by atoms with van der Waals surface area (Å²) in [5, 5.41) is 26.0. The Morgan fingerprint density at radius 2 is 2.08 bits per heavy atom. The minimum absolute atomic E-state index is 0.164. The highest BCUT2D eigenvalue weighted by molar-refractivity contribution is 5.80. The molecule has 10 heteroatoms. The van der Waals surface area contributed by atoms with Gasteiger partial charge in [-0.2, -0.15) is 5.26 Å². The van der Waals surface area contributed by atoms with Crippen LogP contribution < -0.4 is 15.4 Å². The molecule has 1 aromatic heterocycles. The first-order valence-corrected chi connectivity index (χ1v) is 13.2. The molecule has 202 valence electrons. The Bertz CT molecular complexity index is 1350. The van der Waals surface area contributed by atoms with E-state index in [0.717, 1.165) is 18.7 Å². The van der Waals surface area contributed by atoms with Crippen LogP contribution in [0.1, 0.15) is 43.4 Å². The van der Waals surface area contributed by atoms with Gasteiger partial charge in [-0.3, -0.25) is 4.79 Å². The summed E-state index contributed by atoms with van der Waals surface area (Å²) in [4.78, 5) is 22.2. The number of benzene rings is 2. The van der Waals surface area contributed by atoms with E-state index in [4.69, 9.17) is 4.74 Å². The smallest absolute Gasteiger partial charge is 0.251 e. The maximum Gasteiger partial charge on any atom is 0.251 e. The number of carbonyl (C=O) groups is 1. The van der Waals surface area contributed by atoms with Gasteiger partial charge in [0.2, 0.25) is 0 Å². The van der Waals surface area contributed by atoms with Crippen LogP contribution in [0.3, 0.4) is 0 Å². The first-order chi connectivity index (χ1) is 18.9. The highest BCUT2D eigenvalue weighted by Crippen LogP contribution is 2.29. The second-order valence-corrected chi connectivity index (χ2v) is 9.91. The number of nitriles is 1. The summed E-state index contributed by atoms with van der Waals surface area (Å²) in [7, 11) is 0. The molecule has 5 rings (SSSR count). The normalized spacial score (nSPS) is 21.7. The number of rotatable bonds is 7. The number of hydrogen-bond acceptors (Lipinski definition) is 8. The lowest BCUT2D eigenvalue weighted by Gasteiger charge is -2.35. The molecule has 9 nitrogen and oxygen atoms in total. The monoisotopic (exact) mass is 530 g/mol. The number of nitrogens with zero attached hydrogens (tertiary/aromatic N) is 4. The van der Waals surface area contributed by atoms with Gasteiger partial charge < -0.3 is 25.4 Å². The van der Waals surface area contributed by atoms with Gasteiger partial charge in [-0.1, -0.05) is 12.1 Å². The number of ether oxygens (including phenoxy) is 1. The Morgan fingerprint density at radius 3 is 2.77 bits per heavy atom. The van der Waals surface area contributed by atoms with E-state index in [-0.39, 0.29) is 30.8 Å². The number of likely N-dealkylation sites (tertiary alicyclic amines) is 1. The van der Waals surface area contributed by atoms with Crippen molar-refractivity contribution in [2.75, 3.05) is 25.0 Å². The van der Waals surface area contributed by atoms with Crippen LogP contribution >= 0.6 is 0 Å². The van der Waals surface area contributed by atoms with Gasteiger partial charge in [-0.25, -0.2) is 14.4 Å². The fraction of sp³-hybridized carbons (Fsp3) is 0.379. The number of aromatic nitrogens is 2. The van der Waals surface area contributed by atoms with E-state index in [1.165, 1.54) is 23.8 Å². The zero-order valence-corrected chi connectivity index (χ0v) is 21.7. The van der Waals surface area contributed by atoms with E-state index in [9.17, 15) is 19.6 Å². The second kappa shape index (κ2) is 11.8. The van der Waals surface area contributed by atoms with Crippen molar-refractivity contribution in [1.29, 1.82) is 5.26 Å². The van der Waals surface area contributed by atoms with E-state index in [0.29, 0.717) is 23.2 Å². The number of nitrogens with one attached hydrogen (secondary N) is 2. The predicted octanol–water partition coefficient (Wildman–Crippen LogP) is 3.88. The van der Waals surface area contributed by atoms with Crippen molar-refractivity contribution >= 4 is 17.4 Å². The first-order valence-electron chi connectivity index (χ1n) is 13.2. The third-order valence-corrected chi connectivity index (χ3v) is 7.09. The van der Waals surface area contributed by atoms with Gasteiger partial charge in [0.25, 0.3) is 5.91 Å². The molecular formula is C29H31FN6O3. The molecule has 4 atom stereocenters. The molecule has 0 bridgehead atoms. The average molecular weight is 531 g/mol. The predicted molar refractivity (Wildman–Crippen MR) is 144 cm³/mol. The summed E-state index contributed by atoms with van der Waals surface area (Å²) in [5.74, 6) is 0.802. The van der Waals surface area contributed by atoms with Gasteiger partial charge in [-0.05, 0) is 68.3 Å². The maximum atomic E-state index is 14.8. The Labute approximate surface area is 226 Å². The molecule has 3 heterocycles. The molecule has 2 aliphatic rings. The molecular weight excluding hydrogens is 499 g/mol. The molecule has 0 unspecified atom stereocenters. The Kier molecular flexibility index (Phi) is 8.00. The minimum atomic E-state index is -1.44. The summed E-state index contributed by atoms with van der Waals surface area (Å²) in [5.41, 5.74) is 3.04. The number of hydrogen-bond donors (Lipinski definition) is 3. The third kappa shape index (κ3) is 6.16. The molecule has 3 N–H and O–H groups in total. The van der Waals surface area contributed by atoms with Gasteiger partial charge in [-0.15, -0.1) is 0 Å². The number of halogens is 1. The Balaban J connectivity index is 1.26. The molecule has 39 heavy (non-hydrogen) atoms. The second-order valence-electron chi connectivity index (χ2n) is 9.91. The molecule has 0 aliphatic carbocycles. The van der Waals surface area contributed by atoms with Crippen LogP contribution in [0.5, 0.6) is 5.75 Å². The van der Waals surface area contributed by atoms with Crippen molar-refractivity contribution in [2.45, 2.75) is 50.6 Å². The Hall–Kier alpha value is -4.07. The highest BCUT2D eigenvalue weighted by Gasteiger charge is 2.34. The lowest BCUT2D eigenvalue weighted by atomic mass is 10.0. The molecule has 1 amide bonds. The van der Waals surface area contributed by atoms with Crippen molar-refractivity contribution in [3.63, 3.8) is 0 Å². The molecule has 0 spiro atoms. The van der Waals surface area contributed by atoms with Gasteiger partial charge in [0.15, 0.2) is 12.0 Å². The zero-order valence-electron chi connectivity index (χ0n) is 21.7. The van der Waals surface area contributed by atoms with E-state index >= 15 is 0 Å². The summed E-state index contributed by atoms with van der Waals surface area (Å²) in [6.07, 6.45) is 0.813. The van der Waals surface area contributed by atoms with Crippen LogP contribution in [0.4, 0.5) is 15.9 Å². The van der Waals surface area contributed by atoms with Crippen LogP contribution in [-0.4, -0.2) is 63.9 Å². The van der Waals surface area contributed by atoms with Gasteiger partial charge in [0.05, 0.1) is 12.1 Å². The number of carbonyl (C=O) groups excluding carboxylic acids is 1. The molecule has 0 radical (unpaired) electrons. The third-order valence-electron chi connectivity index (χ3n) is 7.09. The van der Waals surface area contributed by atoms with Crippen molar-refractivity contribution < 1.29 is 19.0 Å². The standard InChI is InChI=1S/C29H31FN6O3/c1-18(37)29(38)36-14-11-26(23(30)17-36)39-25-9-6-20(15-21(25)16-31)28-33-13-10-27(35-28)34-22-7-4-19(5-8-22)24-3-2-12-32-24/h4-10,13,15,18,23-24,26,32,37H,2-3,11-12,14,17H2,1H3,(H,33,34,35)/t18-,23+,24+,26-/m0/s1.